The first-order chi connectivity index (χ1) is 9.82. The highest BCUT2D eigenvalue weighted by atomic mass is 19.4. The molecule has 21 heavy (non-hydrogen) atoms. The molecule has 1 aromatic rings. The summed E-state index contributed by atoms with van der Waals surface area (Å²) in [6, 6.07) is 3.50. The van der Waals surface area contributed by atoms with E-state index in [1.165, 1.54) is 12.1 Å². The van der Waals surface area contributed by atoms with Crippen LogP contribution >= 0.6 is 0 Å². The molecule has 1 aliphatic rings. The first-order valence-electron chi connectivity index (χ1n) is 6.61. The number of amides is 3. The van der Waals surface area contributed by atoms with Crippen molar-refractivity contribution >= 4 is 11.9 Å². The summed E-state index contributed by atoms with van der Waals surface area (Å²) in [5.74, 6) is -0.390. The van der Waals surface area contributed by atoms with Crippen molar-refractivity contribution in [3.05, 3.63) is 35.4 Å². The van der Waals surface area contributed by atoms with Gasteiger partial charge in [-0.15, -0.1) is 0 Å². The molecule has 2 rings (SSSR count). The van der Waals surface area contributed by atoms with Crippen LogP contribution in [0.15, 0.2) is 24.3 Å². The number of imide groups is 1. The van der Waals surface area contributed by atoms with Gasteiger partial charge in [-0.1, -0.05) is 25.5 Å². The van der Waals surface area contributed by atoms with E-state index >= 15 is 0 Å². The molecule has 3 amide bonds. The van der Waals surface area contributed by atoms with Gasteiger partial charge in [-0.2, -0.15) is 13.2 Å². The van der Waals surface area contributed by atoms with E-state index in [2.05, 4.69) is 5.32 Å². The smallest absolute Gasteiger partial charge is 0.326 e. The molecule has 0 saturated carbocycles. The Labute approximate surface area is 119 Å². The Balaban J connectivity index is 2.15. The Morgan fingerprint density at radius 2 is 2.00 bits per heavy atom. The topological polar surface area (TPSA) is 49.4 Å². The van der Waals surface area contributed by atoms with Gasteiger partial charge in [0.2, 0.25) is 0 Å². The number of alkyl halides is 3. The van der Waals surface area contributed by atoms with Crippen LogP contribution in [0.3, 0.4) is 0 Å². The normalized spacial score (nSPS) is 19.0. The van der Waals surface area contributed by atoms with Crippen LogP contribution in [0.4, 0.5) is 18.0 Å². The maximum Gasteiger partial charge on any atom is 0.416 e. The molecule has 0 aromatic heterocycles. The number of rotatable bonds is 4. The number of hydrogen-bond acceptors (Lipinski definition) is 2. The summed E-state index contributed by atoms with van der Waals surface area (Å²) in [7, 11) is 0. The Kier molecular flexibility index (Phi) is 4.20. The van der Waals surface area contributed by atoms with Crippen molar-refractivity contribution < 1.29 is 22.8 Å². The summed E-state index contributed by atoms with van der Waals surface area (Å²) in [4.78, 5) is 24.7. The molecule has 7 heteroatoms. The van der Waals surface area contributed by atoms with Crippen molar-refractivity contribution in [2.75, 3.05) is 0 Å². The zero-order chi connectivity index (χ0) is 15.6. The van der Waals surface area contributed by atoms with Crippen molar-refractivity contribution in [1.29, 1.82) is 0 Å². The average Bonchev–Trinajstić information content (AvgIpc) is 2.66. The minimum absolute atomic E-state index is 0.158. The fourth-order valence-electron chi connectivity index (χ4n) is 2.24. The van der Waals surface area contributed by atoms with E-state index in [4.69, 9.17) is 0 Å². The fourth-order valence-corrected chi connectivity index (χ4v) is 2.24. The van der Waals surface area contributed by atoms with E-state index < -0.39 is 23.8 Å². The Bertz CT molecular complexity index is 557. The summed E-state index contributed by atoms with van der Waals surface area (Å²) in [5.41, 5.74) is -0.525. The Hall–Kier alpha value is -2.05. The van der Waals surface area contributed by atoms with Crippen molar-refractivity contribution in [3.63, 3.8) is 0 Å². The van der Waals surface area contributed by atoms with E-state index in [-0.39, 0.29) is 18.0 Å². The second kappa shape index (κ2) is 5.75. The minimum atomic E-state index is -4.45. The van der Waals surface area contributed by atoms with Crippen molar-refractivity contribution in [2.45, 2.75) is 38.5 Å². The lowest BCUT2D eigenvalue weighted by atomic mass is 10.1. The van der Waals surface area contributed by atoms with Gasteiger partial charge in [0.25, 0.3) is 5.91 Å². The minimum Gasteiger partial charge on any atom is -0.326 e. The van der Waals surface area contributed by atoms with E-state index in [0.717, 1.165) is 23.5 Å². The summed E-state index contributed by atoms with van der Waals surface area (Å²) in [6.07, 6.45) is -3.20. The third-order valence-corrected chi connectivity index (χ3v) is 3.28. The van der Waals surface area contributed by atoms with Gasteiger partial charge in [-0.25, -0.2) is 4.79 Å². The van der Waals surface area contributed by atoms with Crippen molar-refractivity contribution in [1.82, 2.24) is 10.2 Å². The highest BCUT2D eigenvalue weighted by Crippen LogP contribution is 2.30. The van der Waals surface area contributed by atoms with Gasteiger partial charge in [0.1, 0.15) is 6.04 Å². The monoisotopic (exact) mass is 300 g/mol. The zero-order valence-electron chi connectivity index (χ0n) is 11.4. The van der Waals surface area contributed by atoms with Crippen LogP contribution in [0.5, 0.6) is 0 Å². The molecule has 1 aliphatic heterocycles. The maximum atomic E-state index is 12.6. The quantitative estimate of drug-likeness (QED) is 0.869. The molecular formula is C14H15F3N2O2. The third kappa shape index (κ3) is 3.34. The summed E-state index contributed by atoms with van der Waals surface area (Å²) in [5, 5.41) is 2.53. The van der Waals surface area contributed by atoms with Gasteiger partial charge < -0.3 is 5.32 Å². The number of nitrogens with zero attached hydrogens (tertiary/aromatic N) is 1. The van der Waals surface area contributed by atoms with Crippen molar-refractivity contribution in [2.24, 2.45) is 0 Å². The van der Waals surface area contributed by atoms with Crippen LogP contribution in [0.2, 0.25) is 0 Å². The number of carbonyl (C=O) groups is 2. The molecule has 1 heterocycles. The van der Waals surface area contributed by atoms with Gasteiger partial charge >= 0.3 is 12.2 Å². The van der Waals surface area contributed by atoms with Crippen LogP contribution in [-0.4, -0.2) is 22.9 Å². The molecule has 0 aliphatic carbocycles. The van der Waals surface area contributed by atoms with Crippen LogP contribution < -0.4 is 5.32 Å². The van der Waals surface area contributed by atoms with Crippen LogP contribution in [0.1, 0.15) is 30.9 Å². The molecule has 0 spiro atoms. The van der Waals surface area contributed by atoms with E-state index in [0.29, 0.717) is 6.42 Å². The number of halogens is 3. The number of nitrogens with one attached hydrogen (secondary N) is 1. The van der Waals surface area contributed by atoms with Gasteiger partial charge in [0.05, 0.1) is 12.1 Å². The predicted octanol–water partition coefficient (Wildman–Crippen LogP) is 2.93. The summed E-state index contributed by atoms with van der Waals surface area (Å²) < 4.78 is 37.9. The molecular weight excluding hydrogens is 285 g/mol. The number of benzene rings is 1. The maximum absolute atomic E-state index is 12.6. The lowest BCUT2D eigenvalue weighted by Crippen LogP contribution is -2.31. The van der Waals surface area contributed by atoms with Crippen molar-refractivity contribution in [3.8, 4) is 0 Å². The van der Waals surface area contributed by atoms with Gasteiger partial charge in [-0.3, -0.25) is 9.69 Å². The molecule has 1 N–H and O–H groups in total. The van der Waals surface area contributed by atoms with Gasteiger partial charge in [0.15, 0.2) is 0 Å². The largest absolute Gasteiger partial charge is 0.416 e. The Morgan fingerprint density at radius 1 is 1.29 bits per heavy atom. The average molecular weight is 300 g/mol. The molecule has 114 valence electrons. The van der Waals surface area contributed by atoms with E-state index in [9.17, 15) is 22.8 Å². The zero-order valence-corrected chi connectivity index (χ0v) is 11.4. The van der Waals surface area contributed by atoms with Gasteiger partial charge in [-0.05, 0) is 24.1 Å². The summed E-state index contributed by atoms with van der Waals surface area (Å²) >= 11 is 0. The standard InChI is InChI=1S/C14H15F3N2O2/c1-2-4-11-12(20)19(13(21)18-11)8-9-5-3-6-10(7-9)14(15,16)17/h3,5-7,11H,2,4,8H2,1H3,(H,18,21). The molecule has 1 saturated heterocycles. The second-order valence-corrected chi connectivity index (χ2v) is 4.91. The van der Waals surface area contributed by atoms with E-state index in [1.54, 1.807) is 0 Å². The molecule has 1 fully saturated rings. The number of hydrogen-bond donors (Lipinski definition) is 1. The fraction of sp³-hybridized carbons (Fsp3) is 0.429. The molecule has 4 nitrogen and oxygen atoms in total. The van der Waals surface area contributed by atoms with Gasteiger partial charge in [0, 0.05) is 0 Å². The lowest BCUT2D eigenvalue weighted by molar-refractivity contribution is -0.137. The highest BCUT2D eigenvalue weighted by molar-refractivity contribution is 6.04. The first kappa shape index (κ1) is 15.3. The van der Waals surface area contributed by atoms with E-state index in [1.807, 2.05) is 6.92 Å². The number of carbonyl (C=O) groups excluding carboxylic acids is 2. The van der Waals surface area contributed by atoms with Crippen LogP contribution in [0, 0.1) is 0 Å². The van der Waals surface area contributed by atoms with Crippen LogP contribution in [-0.2, 0) is 17.5 Å². The third-order valence-electron chi connectivity index (χ3n) is 3.28. The molecule has 0 bridgehead atoms. The molecule has 0 radical (unpaired) electrons. The number of urea groups is 1. The highest BCUT2D eigenvalue weighted by Gasteiger charge is 2.37. The Morgan fingerprint density at radius 3 is 2.62 bits per heavy atom. The summed E-state index contributed by atoms with van der Waals surface area (Å²) in [6.45, 7) is 1.73. The predicted molar refractivity (Wildman–Crippen MR) is 69.2 cm³/mol. The molecule has 1 atom stereocenters. The molecule has 1 unspecified atom stereocenters. The first-order valence-corrected chi connectivity index (χ1v) is 6.61. The SMILES string of the molecule is CCCC1NC(=O)N(Cc2cccc(C(F)(F)F)c2)C1=O. The molecule has 1 aromatic carbocycles. The lowest BCUT2D eigenvalue weighted by Gasteiger charge is -2.14. The van der Waals surface area contributed by atoms with Crippen LogP contribution in [0.25, 0.3) is 0 Å². The second-order valence-electron chi connectivity index (χ2n) is 4.91.